The number of amides is 3. The zero-order valence-electron chi connectivity index (χ0n) is 25.5. The third-order valence-electron chi connectivity index (χ3n) is 7.63. The molecule has 3 amide bonds. The first kappa shape index (κ1) is 30.1. The second-order valence-corrected chi connectivity index (χ2v) is 12.4. The summed E-state index contributed by atoms with van der Waals surface area (Å²) in [6.07, 6.45) is -0.625. The molecule has 3 N–H and O–H groups in total. The standard InChI is InChI=1S/C34H28ClN5O7/c1-34(2,3)47-33(44)37-19-9-11-22-26(13-19)45-30(38-22)29(42)36-18-8-10-23-27(12-18)46-31(39-23)32(43)40-16-17(15-35)28-21-7-5-4-6-20(21)25(41)14-24(28)40/h4-14,17,41H,15-16H2,1-3H3,(H,36,42)(H,37,44)/t17-/m1/s1. The molecule has 7 rings (SSSR count). The Balaban J connectivity index is 1.10. The van der Waals surface area contributed by atoms with Crippen molar-refractivity contribution in [2.75, 3.05) is 28.0 Å². The second kappa shape index (κ2) is 11.3. The molecule has 0 saturated carbocycles. The first-order valence-electron chi connectivity index (χ1n) is 14.7. The lowest BCUT2D eigenvalue weighted by atomic mass is 9.95. The molecule has 2 aromatic heterocycles. The van der Waals surface area contributed by atoms with Gasteiger partial charge in [-0.05, 0) is 56.0 Å². The summed E-state index contributed by atoms with van der Waals surface area (Å²) in [5.74, 6) is -1.25. The summed E-state index contributed by atoms with van der Waals surface area (Å²) in [7, 11) is 0. The van der Waals surface area contributed by atoms with Gasteiger partial charge in [0.05, 0.1) is 5.69 Å². The molecule has 12 nitrogen and oxygen atoms in total. The van der Waals surface area contributed by atoms with Gasteiger partial charge in [-0.25, -0.2) is 14.8 Å². The minimum absolute atomic E-state index is 0.0576. The molecule has 4 aromatic carbocycles. The van der Waals surface area contributed by atoms with E-state index in [4.69, 9.17) is 25.2 Å². The Labute approximate surface area is 272 Å². The van der Waals surface area contributed by atoms with Gasteiger partial charge in [-0.3, -0.25) is 14.9 Å². The molecule has 6 aromatic rings. The van der Waals surface area contributed by atoms with Crippen LogP contribution < -0.4 is 15.5 Å². The van der Waals surface area contributed by atoms with Gasteiger partial charge in [-0.2, -0.15) is 0 Å². The Bertz CT molecular complexity index is 2240. The molecule has 3 heterocycles. The molecule has 0 saturated heterocycles. The van der Waals surface area contributed by atoms with Crippen LogP contribution in [0.25, 0.3) is 33.0 Å². The highest BCUT2D eigenvalue weighted by atomic mass is 35.5. The van der Waals surface area contributed by atoms with Crippen LogP contribution in [-0.4, -0.2) is 51.0 Å². The molecule has 13 heteroatoms. The topological polar surface area (TPSA) is 160 Å². The number of rotatable bonds is 5. The molecule has 47 heavy (non-hydrogen) atoms. The molecule has 0 radical (unpaired) electrons. The third-order valence-corrected chi connectivity index (χ3v) is 8.01. The first-order chi connectivity index (χ1) is 22.5. The number of hydrogen-bond acceptors (Lipinski definition) is 9. The number of phenols is 1. The minimum Gasteiger partial charge on any atom is -0.507 e. The largest absolute Gasteiger partial charge is 0.507 e. The average Bonchev–Trinajstić information content (AvgIpc) is 3.74. The number of alkyl halides is 1. The van der Waals surface area contributed by atoms with Crippen molar-refractivity contribution in [3.63, 3.8) is 0 Å². The number of carbonyl (C=O) groups is 3. The maximum atomic E-state index is 13.7. The van der Waals surface area contributed by atoms with Gasteiger partial charge in [0.2, 0.25) is 0 Å². The quantitative estimate of drug-likeness (QED) is 0.161. The molecule has 0 bridgehead atoms. The van der Waals surface area contributed by atoms with Gasteiger partial charge in [0.15, 0.2) is 11.2 Å². The van der Waals surface area contributed by atoms with E-state index in [1.165, 1.54) is 4.90 Å². The SMILES string of the molecule is CC(C)(C)OC(=O)Nc1ccc2nc(C(=O)Nc3ccc4nc(C(=O)N5C[C@@H](CCl)c6c5cc(O)c5ccccc65)oc4c3)oc2c1. The Kier molecular flexibility index (Phi) is 7.24. The number of anilines is 3. The number of ether oxygens (including phenoxy) is 1. The minimum atomic E-state index is -0.661. The van der Waals surface area contributed by atoms with Crippen molar-refractivity contribution in [2.24, 2.45) is 0 Å². The van der Waals surface area contributed by atoms with E-state index in [2.05, 4.69) is 20.6 Å². The van der Waals surface area contributed by atoms with Gasteiger partial charge >= 0.3 is 17.9 Å². The number of nitrogens with zero attached hydrogens (tertiary/aromatic N) is 3. The number of halogens is 1. The highest BCUT2D eigenvalue weighted by molar-refractivity contribution is 6.19. The van der Waals surface area contributed by atoms with E-state index < -0.39 is 23.5 Å². The van der Waals surface area contributed by atoms with Crippen molar-refractivity contribution >= 4 is 79.5 Å². The number of fused-ring (bicyclic) bond motifs is 5. The second-order valence-electron chi connectivity index (χ2n) is 12.1. The Hall–Kier alpha value is -5.62. The predicted molar refractivity (Wildman–Crippen MR) is 177 cm³/mol. The van der Waals surface area contributed by atoms with E-state index in [0.29, 0.717) is 45.6 Å². The smallest absolute Gasteiger partial charge is 0.412 e. The lowest BCUT2D eigenvalue weighted by molar-refractivity contribution is 0.0635. The van der Waals surface area contributed by atoms with Crippen LogP contribution in [0, 0.1) is 0 Å². The van der Waals surface area contributed by atoms with E-state index in [9.17, 15) is 19.5 Å². The summed E-state index contributed by atoms with van der Waals surface area (Å²) in [6, 6.07) is 18.6. The van der Waals surface area contributed by atoms with Crippen molar-refractivity contribution in [2.45, 2.75) is 32.3 Å². The fourth-order valence-electron chi connectivity index (χ4n) is 5.66. The number of carbonyl (C=O) groups excluding carboxylic acids is 3. The third kappa shape index (κ3) is 5.67. The van der Waals surface area contributed by atoms with Gasteiger partial charge < -0.3 is 28.9 Å². The number of nitrogens with one attached hydrogen (secondary N) is 2. The Morgan fingerprint density at radius 3 is 2.19 bits per heavy atom. The monoisotopic (exact) mass is 653 g/mol. The fourth-order valence-corrected chi connectivity index (χ4v) is 5.91. The van der Waals surface area contributed by atoms with Crippen LogP contribution in [0.4, 0.5) is 21.9 Å². The van der Waals surface area contributed by atoms with Crippen molar-refractivity contribution in [3.05, 3.63) is 84.1 Å². The van der Waals surface area contributed by atoms with Crippen molar-refractivity contribution < 1.29 is 33.1 Å². The number of hydrogen-bond donors (Lipinski definition) is 3. The lowest BCUT2D eigenvalue weighted by Gasteiger charge is -2.19. The number of aromatic nitrogens is 2. The average molecular weight is 654 g/mol. The van der Waals surface area contributed by atoms with Crippen molar-refractivity contribution in [1.82, 2.24) is 9.97 Å². The summed E-state index contributed by atoms with van der Waals surface area (Å²) in [5.41, 5.74) is 2.94. The van der Waals surface area contributed by atoms with Gasteiger partial charge in [0.25, 0.3) is 11.8 Å². The summed E-state index contributed by atoms with van der Waals surface area (Å²) in [5, 5.41) is 17.6. The van der Waals surface area contributed by atoms with E-state index in [-0.39, 0.29) is 34.9 Å². The first-order valence-corrected chi connectivity index (χ1v) is 15.3. The predicted octanol–water partition coefficient (Wildman–Crippen LogP) is 7.41. The maximum absolute atomic E-state index is 13.7. The fraction of sp³-hybridized carbons (Fsp3) is 0.206. The Morgan fingerprint density at radius 1 is 0.915 bits per heavy atom. The van der Waals surface area contributed by atoms with E-state index in [1.54, 1.807) is 63.2 Å². The van der Waals surface area contributed by atoms with Crippen molar-refractivity contribution in [1.29, 1.82) is 0 Å². The van der Waals surface area contributed by atoms with Crippen LogP contribution in [0.2, 0.25) is 0 Å². The molecule has 1 aliphatic rings. The van der Waals surface area contributed by atoms with Gasteiger partial charge in [-0.1, -0.05) is 24.3 Å². The highest BCUT2D eigenvalue weighted by Crippen LogP contribution is 2.45. The molecule has 0 aliphatic carbocycles. The molecular weight excluding hydrogens is 626 g/mol. The summed E-state index contributed by atoms with van der Waals surface area (Å²) < 4.78 is 16.8. The van der Waals surface area contributed by atoms with Gasteiger partial charge in [0, 0.05) is 53.3 Å². The van der Waals surface area contributed by atoms with E-state index in [1.807, 2.05) is 24.3 Å². The number of phenolic OH excluding ortho intramolecular Hbond substituents is 1. The van der Waals surface area contributed by atoms with Crippen LogP contribution in [0.3, 0.4) is 0 Å². The van der Waals surface area contributed by atoms with Crippen LogP contribution >= 0.6 is 11.6 Å². The van der Waals surface area contributed by atoms with Gasteiger partial charge in [-0.15, -0.1) is 11.6 Å². The lowest BCUT2D eigenvalue weighted by Crippen LogP contribution is -2.30. The molecule has 0 fully saturated rings. The van der Waals surface area contributed by atoms with Crippen molar-refractivity contribution in [3.8, 4) is 5.75 Å². The molecular formula is C34H28ClN5O7. The summed E-state index contributed by atoms with van der Waals surface area (Å²) in [6.45, 7) is 5.58. The van der Waals surface area contributed by atoms with Crippen LogP contribution in [0.1, 0.15) is 53.6 Å². The maximum Gasteiger partial charge on any atom is 0.412 e. The zero-order chi connectivity index (χ0) is 33.0. The normalized spacial score (nSPS) is 14.5. The molecule has 0 spiro atoms. The zero-order valence-corrected chi connectivity index (χ0v) is 26.2. The van der Waals surface area contributed by atoms with Crippen LogP contribution in [0.5, 0.6) is 5.75 Å². The number of benzene rings is 4. The number of oxazole rings is 2. The van der Waals surface area contributed by atoms with Crippen LogP contribution in [-0.2, 0) is 4.74 Å². The highest BCUT2D eigenvalue weighted by Gasteiger charge is 2.36. The summed E-state index contributed by atoms with van der Waals surface area (Å²) in [4.78, 5) is 49.0. The molecule has 1 atom stereocenters. The van der Waals surface area contributed by atoms with Gasteiger partial charge in [0.1, 0.15) is 22.4 Å². The van der Waals surface area contributed by atoms with E-state index in [0.717, 1.165) is 10.9 Å². The molecule has 0 unspecified atom stereocenters. The number of aromatic hydroxyl groups is 1. The molecule has 238 valence electrons. The Morgan fingerprint density at radius 2 is 1.53 bits per heavy atom. The molecule has 1 aliphatic heterocycles. The van der Waals surface area contributed by atoms with E-state index >= 15 is 0 Å². The van der Waals surface area contributed by atoms with Crippen LogP contribution in [0.15, 0.2) is 75.6 Å². The summed E-state index contributed by atoms with van der Waals surface area (Å²) >= 11 is 6.32.